The predicted molar refractivity (Wildman–Crippen MR) is 48.3 cm³/mol. The lowest BCUT2D eigenvalue weighted by Gasteiger charge is -2.06. The number of aromatic amines is 1. The zero-order valence-electron chi connectivity index (χ0n) is 7.98. The number of H-pyrrole nitrogens is 1. The van der Waals surface area contributed by atoms with Crippen LogP contribution in [0, 0.1) is 0 Å². The summed E-state index contributed by atoms with van der Waals surface area (Å²) in [7, 11) is 0. The first kappa shape index (κ1) is 9.58. The maximum absolute atomic E-state index is 12.9. The van der Waals surface area contributed by atoms with Gasteiger partial charge in [-0.05, 0) is 6.42 Å². The van der Waals surface area contributed by atoms with Gasteiger partial charge in [-0.25, -0.2) is 13.8 Å². The number of hydrogen-bond donors (Lipinski definition) is 2. The normalized spacial score (nSPS) is 25.5. The van der Waals surface area contributed by atoms with Crippen molar-refractivity contribution in [2.75, 3.05) is 6.54 Å². The molecule has 5 heteroatoms. The molecule has 1 atom stereocenters. The maximum Gasteiger partial charge on any atom is 0.262 e. The Kier molecular flexibility index (Phi) is 2.26. The first-order valence-electron chi connectivity index (χ1n) is 4.76. The fourth-order valence-electron chi connectivity index (χ4n) is 1.64. The van der Waals surface area contributed by atoms with Crippen molar-refractivity contribution in [2.45, 2.75) is 31.7 Å². The minimum absolute atomic E-state index is 0.163. The molecule has 1 fully saturated rings. The lowest BCUT2D eigenvalue weighted by molar-refractivity contribution is 0.0208. The van der Waals surface area contributed by atoms with Crippen molar-refractivity contribution in [1.82, 2.24) is 15.3 Å². The van der Waals surface area contributed by atoms with Crippen LogP contribution in [0.2, 0.25) is 0 Å². The van der Waals surface area contributed by atoms with Gasteiger partial charge in [0, 0.05) is 18.3 Å². The zero-order valence-corrected chi connectivity index (χ0v) is 7.98. The molecule has 0 saturated carbocycles. The quantitative estimate of drug-likeness (QED) is 0.763. The second-order valence-electron chi connectivity index (χ2n) is 3.64. The molecule has 3 nitrogen and oxygen atoms in total. The minimum atomic E-state index is -2.59. The first-order valence-corrected chi connectivity index (χ1v) is 4.76. The van der Waals surface area contributed by atoms with Crippen molar-refractivity contribution in [3.8, 4) is 0 Å². The van der Waals surface area contributed by atoms with Gasteiger partial charge in [0.15, 0.2) is 0 Å². The Morgan fingerprint density at radius 3 is 2.93 bits per heavy atom. The van der Waals surface area contributed by atoms with Gasteiger partial charge in [0.2, 0.25) is 0 Å². The Morgan fingerprint density at radius 2 is 2.43 bits per heavy atom. The highest BCUT2D eigenvalue weighted by Gasteiger charge is 2.40. The monoisotopic (exact) mass is 201 g/mol. The molecule has 2 heterocycles. The van der Waals surface area contributed by atoms with E-state index in [4.69, 9.17) is 0 Å². The number of nitrogens with one attached hydrogen (secondary N) is 2. The van der Waals surface area contributed by atoms with Crippen LogP contribution in [0.15, 0.2) is 6.20 Å². The van der Waals surface area contributed by atoms with Crippen molar-refractivity contribution >= 4 is 0 Å². The number of aryl methyl sites for hydroxylation is 1. The molecule has 0 aliphatic carbocycles. The van der Waals surface area contributed by atoms with Crippen molar-refractivity contribution < 1.29 is 8.78 Å². The summed E-state index contributed by atoms with van der Waals surface area (Å²) in [6.07, 6.45) is 2.38. The van der Waals surface area contributed by atoms with E-state index in [0.29, 0.717) is 5.82 Å². The standard InChI is InChI=1S/C9H13F2N3/c1-2-6-4-12-8(14-6)7-3-9(10,11)5-13-7/h4,7,13H,2-3,5H2,1H3,(H,12,14). The number of imidazole rings is 1. The van der Waals surface area contributed by atoms with Crippen molar-refractivity contribution in [3.05, 3.63) is 17.7 Å². The molecule has 14 heavy (non-hydrogen) atoms. The van der Waals surface area contributed by atoms with Crippen LogP contribution in [0.25, 0.3) is 0 Å². The van der Waals surface area contributed by atoms with Gasteiger partial charge in [-0.1, -0.05) is 6.92 Å². The van der Waals surface area contributed by atoms with E-state index >= 15 is 0 Å². The lowest BCUT2D eigenvalue weighted by atomic mass is 10.2. The Bertz CT molecular complexity index is 322. The number of alkyl halides is 2. The fourth-order valence-corrected chi connectivity index (χ4v) is 1.64. The molecular formula is C9H13F2N3. The second kappa shape index (κ2) is 3.31. The molecule has 0 amide bonds. The summed E-state index contributed by atoms with van der Waals surface area (Å²) < 4.78 is 25.7. The third-order valence-corrected chi connectivity index (χ3v) is 2.47. The van der Waals surface area contributed by atoms with Gasteiger partial charge in [-0.15, -0.1) is 0 Å². The van der Waals surface area contributed by atoms with Crippen molar-refractivity contribution in [3.63, 3.8) is 0 Å². The summed E-state index contributed by atoms with van der Waals surface area (Å²) >= 11 is 0. The molecule has 1 aromatic rings. The summed E-state index contributed by atoms with van der Waals surface area (Å²) in [5, 5.41) is 2.76. The number of halogens is 2. The zero-order chi connectivity index (χ0) is 10.2. The molecule has 1 aliphatic rings. The first-order chi connectivity index (χ1) is 6.61. The highest BCUT2D eigenvalue weighted by Crippen LogP contribution is 2.32. The van der Waals surface area contributed by atoms with E-state index < -0.39 is 5.92 Å². The van der Waals surface area contributed by atoms with Gasteiger partial charge in [-0.2, -0.15) is 0 Å². The number of rotatable bonds is 2. The second-order valence-corrected chi connectivity index (χ2v) is 3.64. The fraction of sp³-hybridized carbons (Fsp3) is 0.667. The van der Waals surface area contributed by atoms with Crippen LogP contribution >= 0.6 is 0 Å². The Morgan fingerprint density at radius 1 is 1.64 bits per heavy atom. The van der Waals surface area contributed by atoms with E-state index in [1.165, 1.54) is 0 Å². The average molecular weight is 201 g/mol. The van der Waals surface area contributed by atoms with Crippen LogP contribution < -0.4 is 5.32 Å². The van der Waals surface area contributed by atoms with Crippen molar-refractivity contribution in [1.29, 1.82) is 0 Å². The van der Waals surface area contributed by atoms with E-state index in [0.717, 1.165) is 12.1 Å². The van der Waals surface area contributed by atoms with Gasteiger partial charge < -0.3 is 10.3 Å². The molecule has 0 bridgehead atoms. The highest BCUT2D eigenvalue weighted by molar-refractivity contribution is 5.07. The van der Waals surface area contributed by atoms with E-state index in [9.17, 15) is 8.78 Å². The summed E-state index contributed by atoms with van der Waals surface area (Å²) in [4.78, 5) is 7.12. The molecule has 0 aromatic carbocycles. The number of nitrogens with zero attached hydrogens (tertiary/aromatic N) is 1. The molecule has 0 spiro atoms. The highest BCUT2D eigenvalue weighted by atomic mass is 19.3. The number of hydrogen-bond acceptors (Lipinski definition) is 2. The van der Waals surface area contributed by atoms with Gasteiger partial charge in [0.1, 0.15) is 5.82 Å². The lowest BCUT2D eigenvalue weighted by Crippen LogP contribution is -2.19. The summed E-state index contributed by atoms with van der Waals surface area (Å²) in [6.45, 7) is 1.74. The molecule has 0 radical (unpaired) electrons. The third kappa shape index (κ3) is 1.77. The average Bonchev–Trinajstić information content (AvgIpc) is 2.70. The van der Waals surface area contributed by atoms with E-state index in [-0.39, 0.29) is 19.0 Å². The van der Waals surface area contributed by atoms with Gasteiger partial charge in [0.25, 0.3) is 5.92 Å². The third-order valence-electron chi connectivity index (χ3n) is 2.47. The van der Waals surface area contributed by atoms with Crippen LogP contribution in [0.4, 0.5) is 8.78 Å². The summed E-state index contributed by atoms with van der Waals surface area (Å²) in [6, 6.07) is -0.328. The summed E-state index contributed by atoms with van der Waals surface area (Å²) in [5.74, 6) is -1.97. The van der Waals surface area contributed by atoms with Crippen LogP contribution in [0.3, 0.4) is 0 Å². The molecule has 1 aliphatic heterocycles. The van der Waals surface area contributed by atoms with Crippen LogP contribution in [0.1, 0.15) is 30.9 Å². The molecule has 78 valence electrons. The molecule has 1 aromatic heterocycles. The van der Waals surface area contributed by atoms with Gasteiger partial charge >= 0.3 is 0 Å². The Balaban J connectivity index is 2.09. The van der Waals surface area contributed by atoms with Crippen LogP contribution in [-0.4, -0.2) is 22.4 Å². The maximum atomic E-state index is 12.9. The Labute approximate surface area is 80.9 Å². The topological polar surface area (TPSA) is 40.7 Å². The molecule has 2 rings (SSSR count). The van der Waals surface area contributed by atoms with Crippen LogP contribution in [-0.2, 0) is 6.42 Å². The molecule has 1 unspecified atom stereocenters. The summed E-state index contributed by atoms with van der Waals surface area (Å²) in [5.41, 5.74) is 0.983. The molecule has 1 saturated heterocycles. The molecular weight excluding hydrogens is 188 g/mol. The Hall–Kier alpha value is -0.970. The van der Waals surface area contributed by atoms with E-state index in [2.05, 4.69) is 15.3 Å². The largest absolute Gasteiger partial charge is 0.345 e. The SMILES string of the molecule is CCc1cnc(C2CC(F)(F)CN2)[nH]1. The van der Waals surface area contributed by atoms with Gasteiger partial charge in [0.05, 0.1) is 12.6 Å². The van der Waals surface area contributed by atoms with Crippen LogP contribution in [0.5, 0.6) is 0 Å². The van der Waals surface area contributed by atoms with E-state index in [1.54, 1.807) is 6.20 Å². The van der Waals surface area contributed by atoms with Crippen molar-refractivity contribution in [2.24, 2.45) is 0 Å². The minimum Gasteiger partial charge on any atom is -0.345 e. The predicted octanol–water partition coefficient (Wildman–Crippen LogP) is 1.64. The molecule has 2 N–H and O–H groups in total. The van der Waals surface area contributed by atoms with E-state index in [1.807, 2.05) is 6.92 Å². The smallest absolute Gasteiger partial charge is 0.262 e. The number of aromatic nitrogens is 2. The van der Waals surface area contributed by atoms with Gasteiger partial charge in [-0.3, -0.25) is 0 Å².